The van der Waals surface area contributed by atoms with Crippen LogP contribution in [0.1, 0.15) is 0 Å². The smallest absolute Gasteiger partial charge is 0.744 e. The van der Waals surface area contributed by atoms with Crippen LogP contribution in [0, 0.1) is 0 Å². The van der Waals surface area contributed by atoms with Gasteiger partial charge in [-0.05, 0) is 12.1 Å². The van der Waals surface area contributed by atoms with Gasteiger partial charge in [-0.2, -0.15) is 0 Å². The monoisotopic (exact) mass is 261 g/mol. The first-order valence-corrected chi connectivity index (χ1v) is 5.78. The van der Waals surface area contributed by atoms with Gasteiger partial charge in [0.05, 0.1) is 4.90 Å². The number of hydrogen-bond donors (Lipinski definition) is 2. The standard InChI is InChI=1S/C10H9NO4S.Na/c11-8-3-1-2-7-6(8)4-5-9(10(7)12)16(13,14)15;/h1-5,12H,11H2,(H,13,14,15);/q;+1/p-1. The van der Waals surface area contributed by atoms with E-state index in [4.69, 9.17) is 5.73 Å². The SMILES string of the molecule is Nc1cccc2c(O)c(S(=O)(=O)[O-])ccc12.[Na+]. The molecular weight excluding hydrogens is 253 g/mol. The van der Waals surface area contributed by atoms with E-state index in [-0.39, 0.29) is 34.9 Å². The zero-order chi connectivity index (χ0) is 11.9. The second kappa shape index (κ2) is 4.83. The molecule has 17 heavy (non-hydrogen) atoms. The number of aromatic hydroxyl groups is 1. The number of hydrogen-bond acceptors (Lipinski definition) is 5. The fraction of sp³-hybridized carbons (Fsp3) is 0. The van der Waals surface area contributed by atoms with E-state index in [0.29, 0.717) is 11.1 Å². The minimum atomic E-state index is -4.68. The second-order valence-corrected chi connectivity index (χ2v) is 4.66. The Bertz CT molecular complexity index is 669. The van der Waals surface area contributed by atoms with E-state index in [9.17, 15) is 18.1 Å². The van der Waals surface area contributed by atoms with Gasteiger partial charge in [0, 0.05) is 16.5 Å². The van der Waals surface area contributed by atoms with Crippen LogP contribution in [0.4, 0.5) is 5.69 Å². The summed E-state index contributed by atoms with van der Waals surface area (Å²) in [4.78, 5) is -0.634. The zero-order valence-corrected chi connectivity index (χ0v) is 11.9. The van der Waals surface area contributed by atoms with Crippen molar-refractivity contribution in [2.24, 2.45) is 0 Å². The van der Waals surface area contributed by atoms with Gasteiger partial charge in [-0.1, -0.05) is 18.2 Å². The molecule has 3 N–H and O–H groups in total. The van der Waals surface area contributed by atoms with Crippen LogP contribution < -0.4 is 35.3 Å². The average Bonchev–Trinajstić information content (AvgIpc) is 2.18. The molecule has 7 heteroatoms. The third-order valence-electron chi connectivity index (χ3n) is 2.30. The van der Waals surface area contributed by atoms with Crippen LogP contribution in [-0.2, 0) is 10.1 Å². The Kier molecular flexibility index (Phi) is 4.06. The molecule has 0 unspecified atom stereocenters. The third-order valence-corrected chi connectivity index (χ3v) is 3.17. The van der Waals surface area contributed by atoms with E-state index in [1.165, 1.54) is 12.1 Å². The summed E-state index contributed by atoms with van der Waals surface area (Å²) in [6, 6.07) is 7.13. The Morgan fingerprint density at radius 3 is 2.35 bits per heavy atom. The first-order valence-electron chi connectivity index (χ1n) is 4.37. The van der Waals surface area contributed by atoms with Gasteiger partial charge in [-0.25, -0.2) is 8.42 Å². The Morgan fingerprint density at radius 1 is 1.12 bits per heavy atom. The van der Waals surface area contributed by atoms with E-state index in [0.717, 1.165) is 6.07 Å². The summed E-state index contributed by atoms with van der Waals surface area (Å²) < 4.78 is 32.5. The molecule has 2 aromatic carbocycles. The molecule has 0 amide bonds. The Labute approximate surface area is 120 Å². The van der Waals surface area contributed by atoms with Crippen LogP contribution in [0.2, 0.25) is 0 Å². The number of phenols is 1. The molecule has 0 aromatic heterocycles. The maximum Gasteiger partial charge on any atom is 1.00 e. The van der Waals surface area contributed by atoms with E-state index >= 15 is 0 Å². The molecule has 5 nitrogen and oxygen atoms in total. The number of nitrogen functional groups attached to an aromatic ring is 1. The molecule has 0 aliphatic rings. The van der Waals surface area contributed by atoms with Gasteiger partial charge in [-0.15, -0.1) is 0 Å². The summed E-state index contributed by atoms with van der Waals surface area (Å²) >= 11 is 0. The van der Waals surface area contributed by atoms with Crippen LogP contribution in [0.5, 0.6) is 5.75 Å². The van der Waals surface area contributed by atoms with Crippen LogP contribution in [-0.4, -0.2) is 18.1 Å². The van der Waals surface area contributed by atoms with Crippen LogP contribution in [0.15, 0.2) is 35.2 Å². The Hall–Kier alpha value is -0.790. The number of nitrogens with two attached hydrogens (primary N) is 1. The predicted octanol–water partition coefficient (Wildman–Crippen LogP) is -1.96. The second-order valence-electron chi connectivity index (χ2n) is 3.31. The summed E-state index contributed by atoms with van der Waals surface area (Å²) in [6.45, 7) is 0. The maximum atomic E-state index is 10.8. The van der Waals surface area contributed by atoms with Crippen molar-refractivity contribution in [1.29, 1.82) is 0 Å². The quantitative estimate of drug-likeness (QED) is 0.352. The van der Waals surface area contributed by atoms with Crippen molar-refractivity contribution in [2.45, 2.75) is 4.90 Å². The predicted molar refractivity (Wildman–Crippen MR) is 58.0 cm³/mol. The van der Waals surface area contributed by atoms with Crippen molar-refractivity contribution in [2.75, 3.05) is 5.73 Å². The van der Waals surface area contributed by atoms with Gasteiger partial charge < -0.3 is 15.4 Å². The number of rotatable bonds is 1. The number of fused-ring (bicyclic) bond motifs is 1. The minimum absolute atomic E-state index is 0. The van der Waals surface area contributed by atoms with Crippen molar-refractivity contribution in [1.82, 2.24) is 0 Å². The van der Waals surface area contributed by atoms with Crippen molar-refractivity contribution in [3.8, 4) is 5.75 Å². The molecule has 0 aliphatic carbocycles. The van der Waals surface area contributed by atoms with Crippen LogP contribution in [0.25, 0.3) is 10.8 Å². The summed E-state index contributed by atoms with van der Waals surface area (Å²) in [5.74, 6) is -0.556. The molecule has 84 valence electrons. The molecular formula is C10H8NNaO4S. The molecule has 0 aliphatic heterocycles. The van der Waals surface area contributed by atoms with Crippen LogP contribution in [0.3, 0.4) is 0 Å². The van der Waals surface area contributed by atoms with Gasteiger partial charge in [-0.3, -0.25) is 0 Å². The zero-order valence-electron chi connectivity index (χ0n) is 9.04. The average molecular weight is 261 g/mol. The van der Waals surface area contributed by atoms with Gasteiger partial charge in [0.1, 0.15) is 15.9 Å². The van der Waals surface area contributed by atoms with Gasteiger partial charge in [0.2, 0.25) is 0 Å². The summed E-state index contributed by atoms with van der Waals surface area (Å²) in [6.07, 6.45) is 0. The molecule has 0 spiro atoms. The van der Waals surface area contributed by atoms with E-state index in [1.54, 1.807) is 12.1 Å². The molecule has 0 saturated carbocycles. The van der Waals surface area contributed by atoms with Gasteiger partial charge >= 0.3 is 29.6 Å². The maximum absolute atomic E-state index is 10.8. The molecule has 0 saturated heterocycles. The van der Waals surface area contributed by atoms with Crippen molar-refractivity contribution in [3.63, 3.8) is 0 Å². The van der Waals surface area contributed by atoms with Crippen molar-refractivity contribution < 1.29 is 47.6 Å². The normalized spacial score (nSPS) is 11.1. The van der Waals surface area contributed by atoms with E-state index in [2.05, 4.69) is 0 Å². The first kappa shape index (κ1) is 14.3. The van der Waals surface area contributed by atoms with E-state index in [1.807, 2.05) is 0 Å². The summed E-state index contributed by atoms with van der Waals surface area (Å²) in [5, 5.41) is 10.4. The topological polar surface area (TPSA) is 103 Å². The summed E-state index contributed by atoms with van der Waals surface area (Å²) in [5.41, 5.74) is 6.05. The first-order chi connectivity index (χ1) is 7.41. The molecule has 0 radical (unpaired) electrons. The van der Waals surface area contributed by atoms with Crippen molar-refractivity contribution >= 4 is 26.6 Å². The minimum Gasteiger partial charge on any atom is -0.744 e. The number of benzene rings is 2. The number of anilines is 1. The Morgan fingerprint density at radius 2 is 1.76 bits per heavy atom. The third kappa shape index (κ3) is 2.56. The van der Waals surface area contributed by atoms with Gasteiger partial charge in [0.25, 0.3) is 0 Å². The Balaban J connectivity index is 0.00000144. The molecule has 2 aromatic rings. The molecule has 2 rings (SSSR count). The fourth-order valence-corrected chi connectivity index (χ4v) is 2.13. The largest absolute Gasteiger partial charge is 1.00 e. The molecule has 0 atom stereocenters. The van der Waals surface area contributed by atoms with Crippen molar-refractivity contribution in [3.05, 3.63) is 30.3 Å². The molecule has 0 fully saturated rings. The molecule has 0 heterocycles. The number of phenolic OH excluding ortho intramolecular Hbond substituents is 1. The van der Waals surface area contributed by atoms with E-state index < -0.39 is 20.8 Å². The van der Waals surface area contributed by atoms with Crippen LogP contribution >= 0.6 is 0 Å². The fourth-order valence-electron chi connectivity index (χ4n) is 1.55. The summed E-state index contributed by atoms with van der Waals surface area (Å²) in [7, 11) is -4.68. The molecule has 0 bridgehead atoms. The van der Waals surface area contributed by atoms with Gasteiger partial charge in [0.15, 0.2) is 0 Å².